The fraction of sp³-hybridized carbons (Fsp3) is 0.714. The Morgan fingerprint density at radius 3 is 2.18 bits per heavy atom. The van der Waals surface area contributed by atoms with Gasteiger partial charge in [-0.3, -0.25) is 9.79 Å². The number of rotatable bonds is 11. The van der Waals surface area contributed by atoms with Crippen molar-refractivity contribution in [2.24, 2.45) is 0 Å². The predicted octanol–water partition coefficient (Wildman–Crippen LogP) is 2.86. The van der Waals surface area contributed by atoms with Crippen molar-refractivity contribution in [1.82, 2.24) is 0 Å². The second kappa shape index (κ2) is 10.5. The summed E-state index contributed by atoms with van der Waals surface area (Å²) >= 11 is 0. The van der Waals surface area contributed by atoms with Crippen molar-refractivity contribution >= 4 is 19.8 Å². The number of phosphoric acid groups is 1. The number of ether oxygens (including phenoxy) is 1. The first-order chi connectivity index (χ1) is 10.2. The van der Waals surface area contributed by atoms with Crippen LogP contribution in [0.5, 0.6) is 0 Å². The van der Waals surface area contributed by atoms with Crippen molar-refractivity contribution in [3.63, 3.8) is 0 Å². The molecular weight excluding hydrogens is 311 g/mol. The number of unbranched alkanes of at least 4 members (excludes halogenated alkanes) is 5. The molecule has 0 spiro atoms. The van der Waals surface area contributed by atoms with E-state index >= 15 is 0 Å². The van der Waals surface area contributed by atoms with Crippen LogP contribution in [0.4, 0.5) is 0 Å². The summed E-state index contributed by atoms with van der Waals surface area (Å²) in [4.78, 5) is 40.5. The average Bonchev–Trinajstić information content (AvgIpc) is 2.38. The van der Waals surface area contributed by atoms with E-state index in [2.05, 4.69) is 18.0 Å². The zero-order valence-electron chi connectivity index (χ0n) is 13.1. The molecule has 1 unspecified atom stereocenters. The highest BCUT2D eigenvalue weighted by atomic mass is 31.2. The van der Waals surface area contributed by atoms with Gasteiger partial charge in [-0.2, -0.15) is 0 Å². The smallest absolute Gasteiger partial charge is 0.447 e. The Morgan fingerprint density at radius 2 is 1.68 bits per heavy atom. The van der Waals surface area contributed by atoms with Crippen molar-refractivity contribution in [1.29, 1.82) is 0 Å². The lowest BCUT2D eigenvalue weighted by Crippen LogP contribution is -2.29. The molecule has 0 aliphatic heterocycles. The van der Waals surface area contributed by atoms with Gasteiger partial charge in [-0.1, -0.05) is 45.6 Å². The average molecular weight is 336 g/mol. The molecule has 0 aliphatic carbocycles. The Hall–Kier alpha value is -1.17. The second-order valence-electron chi connectivity index (χ2n) is 5.13. The van der Waals surface area contributed by atoms with Crippen LogP contribution in [0.1, 0.15) is 58.8 Å². The largest absolute Gasteiger partial charge is 0.527 e. The lowest BCUT2D eigenvalue weighted by atomic mass is 10.1. The van der Waals surface area contributed by atoms with Crippen LogP contribution >= 0.6 is 7.82 Å². The van der Waals surface area contributed by atoms with Gasteiger partial charge in [-0.25, -0.2) is 14.2 Å². The molecule has 0 fully saturated rings. The van der Waals surface area contributed by atoms with E-state index in [0.29, 0.717) is 6.42 Å². The first kappa shape index (κ1) is 20.8. The van der Waals surface area contributed by atoms with Crippen molar-refractivity contribution in [2.75, 3.05) is 0 Å². The third-order valence-corrected chi connectivity index (χ3v) is 3.31. The molecule has 128 valence electrons. The lowest BCUT2D eigenvalue weighted by molar-refractivity contribution is -0.160. The molecule has 0 aromatic rings. The third kappa shape index (κ3) is 10.5. The first-order valence-electron chi connectivity index (χ1n) is 7.32. The van der Waals surface area contributed by atoms with Gasteiger partial charge >= 0.3 is 19.8 Å². The molecule has 0 saturated carbocycles. The van der Waals surface area contributed by atoms with E-state index in [9.17, 15) is 14.2 Å². The van der Waals surface area contributed by atoms with E-state index in [0.717, 1.165) is 32.1 Å². The van der Waals surface area contributed by atoms with Crippen LogP contribution in [0.3, 0.4) is 0 Å². The molecule has 0 amide bonds. The van der Waals surface area contributed by atoms with Crippen molar-refractivity contribution in [3.05, 3.63) is 12.2 Å². The molecule has 0 aliphatic rings. The number of carbonyl (C=O) groups excluding carboxylic acids is 2. The van der Waals surface area contributed by atoms with Gasteiger partial charge in [0.05, 0.1) is 0 Å². The summed E-state index contributed by atoms with van der Waals surface area (Å²) in [7, 11) is -4.96. The highest BCUT2D eigenvalue weighted by Crippen LogP contribution is 2.36. The molecule has 0 aromatic heterocycles. The molecule has 22 heavy (non-hydrogen) atoms. The zero-order chi connectivity index (χ0) is 17.2. The number of hydrogen-bond donors (Lipinski definition) is 2. The molecule has 2 N–H and O–H groups in total. The van der Waals surface area contributed by atoms with Crippen LogP contribution in [0, 0.1) is 0 Å². The number of hydrogen-bond acceptors (Lipinski definition) is 5. The second-order valence-corrected chi connectivity index (χ2v) is 6.30. The summed E-state index contributed by atoms with van der Waals surface area (Å²) in [5.74, 6) is -2.03. The molecule has 1 atom stereocenters. The Labute approximate surface area is 130 Å². The van der Waals surface area contributed by atoms with Gasteiger partial charge in [0, 0.05) is 5.57 Å². The minimum Gasteiger partial charge on any atom is -0.447 e. The van der Waals surface area contributed by atoms with Crippen LogP contribution < -0.4 is 0 Å². The summed E-state index contributed by atoms with van der Waals surface area (Å²) in [6, 6.07) is 0. The van der Waals surface area contributed by atoms with E-state index in [1.807, 2.05) is 0 Å². The Kier molecular flexibility index (Phi) is 9.98. The minimum absolute atomic E-state index is 0.0944. The van der Waals surface area contributed by atoms with Crippen molar-refractivity contribution < 1.29 is 33.2 Å². The van der Waals surface area contributed by atoms with Crippen LogP contribution in [0.15, 0.2) is 12.2 Å². The minimum atomic E-state index is -4.96. The van der Waals surface area contributed by atoms with Gasteiger partial charge in [0.25, 0.3) is 0 Å². The summed E-state index contributed by atoms with van der Waals surface area (Å²) in [5.41, 5.74) is 0.0944. The van der Waals surface area contributed by atoms with E-state index in [4.69, 9.17) is 14.5 Å². The maximum Gasteiger partial charge on any atom is 0.527 e. The molecule has 0 radical (unpaired) electrons. The van der Waals surface area contributed by atoms with Crippen LogP contribution in [-0.2, 0) is 23.4 Å². The highest BCUT2D eigenvalue weighted by molar-refractivity contribution is 7.46. The Bertz CT molecular complexity index is 427. The molecule has 0 bridgehead atoms. The molecule has 0 rings (SSSR count). The number of carbonyl (C=O) groups is 2. The normalized spacial score (nSPS) is 12.5. The maximum atomic E-state index is 11.7. The topological polar surface area (TPSA) is 110 Å². The van der Waals surface area contributed by atoms with Crippen LogP contribution in [0.25, 0.3) is 0 Å². The molecule has 0 heterocycles. The van der Waals surface area contributed by atoms with Crippen LogP contribution in [0.2, 0.25) is 0 Å². The van der Waals surface area contributed by atoms with Crippen molar-refractivity contribution in [2.45, 2.75) is 64.9 Å². The number of esters is 1. The standard InChI is InChI=1S/C14H25O7P/c1-4-5-6-7-8-9-10-12(20-13(15)11(2)3)14(16)21-22(17,18)19/h12H,2,4-10H2,1,3H3,(H2,17,18,19). The highest BCUT2D eigenvalue weighted by Gasteiger charge is 2.30. The predicted molar refractivity (Wildman–Crippen MR) is 80.8 cm³/mol. The quantitative estimate of drug-likeness (QED) is 0.258. The third-order valence-electron chi connectivity index (χ3n) is 2.89. The lowest BCUT2D eigenvalue weighted by Gasteiger charge is -2.17. The summed E-state index contributed by atoms with van der Waals surface area (Å²) in [6.45, 7) is 6.91. The zero-order valence-corrected chi connectivity index (χ0v) is 14.0. The summed E-state index contributed by atoms with van der Waals surface area (Å²) in [6.07, 6.45) is 4.58. The van der Waals surface area contributed by atoms with Gasteiger partial charge in [0.15, 0.2) is 6.10 Å². The van der Waals surface area contributed by atoms with Gasteiger partial charge in [-0.15, -0.1) is 0 Å². The van der Waals surface area contributed by atoms with E-state index in [1.54, 1.807) is 0 Å². The monoisotopic (exact) mass is 336 g/mol. The molecule has 7 nitrogen and oxygen atoms in total. The SMILES string of the molecule is C=C(C)C(=O)OC(CCCCCCCC)C(=O)OP(=O)(O)O. The fourth-order valence-corrected chi connectivity index (χ4v) is 2.09. The Balaban J connectivity index is 4.46. The maximum absolute atomic E-state index is 11.7. The van der Waals surface area contributed by atoms with E-state index in [-0.39, 0.29) is 12.0 Å². The van der Waals surface area contributed by atoms with E-state index < -0.39 is 25.9 Å². The van der Waals surface area contributed by atoms with E-state index in [1.165, 1.54) is 6.92 Å². The molecule has 0 saturated heterocycles. The molecular formula is C14H25O7P. The Morgan fingerprint density at radius 1 is 1.14 bits per heavy atom. The fourth-order valence-electron chi connectivity index (χ4n) is 1.74. The van der Waals surface area contributed by atoms with Crippen LogP contribution in [-0.4, -0.2) is 27.8 Å². The number of phosphoric ester groups is 1. The summed E-state index contributed by atoms with van der Waals surface area (Å²) in [5, 5.41) is 0. The molecule has 8 heteroatoms. The first-order valence-corrected chi connectivity index (χ1v) is 8.86. The van der Waals surface area contributed by atoms with Gasteiger partial charge in [0.1, 0.15) is 0 Å². The van der Waals surface area contributed by atoms with Gasteiger partial charge in [0.2, 0.25) is 0 Å². The molecule has 0 aromatic carbocycles. The van der Waals surface area contributed by atoms with Gasteiger partial charge < -0.3 is 9.26 Å². The van der Waals surface area contributed by atoms with Gasteiger partial charge in [-0.05, 0) is 19.8 Å². The van der Waals surface area contributed by atoms with Crippen molar-refractivity contribution in [3.8, 4) is 0 Å². The summed E-state index contributed by atoms with van der Waals surface area (Å²) < 4.78 is 19.6.